The van der Waals surface area contributed by atoms with Gasteiger partial charge in [0.1, 0.15) is 5.75 Å². The van der Waals surface area contributed by atoms with Crippen molar-refractivity contribution in [2.45, 2.75) is 39.0 Å². The van der Waals surface area contributed by atoms with E-state index in [1.807, 2.05) is 6.07 Å². The number of aryl methyl sites for hydroxylation is 1. The van der Waals surface area contributed by atoms with Gasteiger partial charge in [-0.3, -0.25) is 4.79 Å². The number of ether oxygens (including phenoxy) is 1. The fourth-order valence-electron chi connectivity index (χ4n) is 3.82. The topological polar surface area (TPSA) is 32.8 Å². The second-order valence-corrected chi connectivity index (χ2v) is 6.82. The van der Waals surface area contributed by atoms with E-state index >= 15 is 0 Å². The van der Waals surface area contributed by atoms with E-state index in [1.165, 1.54) is 24.8 Å². The molecule has 1 aliphatic heterocycles. The normalized spacial score (nSPS) is 19.7. The van der Waals surface area contributed by atoms with Crippen LogP contribution in [0.3, 0.4) is 0 Å². The highest BCUT2D eigenvalue weighted by Gasteiger charge is 2.29. The van der Waals surface area contributed by atoms with E-state index in [0.717, 1.165) is 50.5 Å². The minimum Gasteiger partial charge on any atom is -0.495 e. The number of benzene rings is 1. The molecule has 2 aliphatic rings. The van der Waals surface area contributed by atoms with Crippen LogP contribution < -0.4 is 9.64 Å². The summed E-state index contributed by atoms with van der Waals surface area (Å²) in [5.41, 5.74) is 2.39. The molecule has 126 valence electrons. The number of piperazine rings is 1. The fraction of sp³-hybridized carbons (Fsp3) is 0.632. The Bertz CT molecular complexity index is 544. The Morgan fingerprint density at radius 2 is 1.78 bits per heavy atom. The zero-order valence-electron chi connectivity index (χ0n) is 14.4. The summed E-state index contributed by atoms with van der Waals surface area (Å²) in [4.78, 5) is 17.1. The highest BCUT2D eigenvalue weighted by atomic mass is 16.5. The number of anilines is 1. The molecule has 0 N–H and O–H groups in total. The molecule has 1 amide bonds. The average Bonchev–Trinajstić information content (AvgIpc) is 2.62. The van der Waals surface area contributed by atoms with Gasteiger partial charge in [-0.15, -0.1) is 0 Å². The summed E-state index contributed by atoms with van der Waals surface area (Å²) in [5.74, 6) is 1.59. The number of rotatable bonds is 3. The van der Waals surface area contributed by atoms with Gasteiger partial charge >= 0.3 is 0 Å². The van der Waals surface area contributed by atoms with Gasteiger partial charge in [-0.05, 0) is 37.5 Å². The molecule has 0 bridgehead atoms. The first-order valence-corrected chi connectivity index (χ1v) is 8.87. The third-order valence-corrected chi connectivity index (χ3v) is 5.22. The lowest BCUT2D eigenvalue weighted by Gasteiger charge is -2.38. The molecule has 4 nitrogen and oxygen atoms in total. The van der Waals surface area contributed by atoms with Crippen molar-refractivity contribution >= 4 is 11.6 Å². The molecular weight excluding hydrogens is 288 g/mol. The van der Waals surface area contributed by atoms with E-state index in [2.05, 4.69) is 28.9 Å². The van der Waals surface area contributed by atoms with E-state index in [4.69, 9.17) is 4.74 Å². The van der Waals surface area contributed by atoms with E-state index in [0.29, 0.717) is 5.91 Å². The molecule has 1 saturated heterocycles. The summed E-state index contributed by atoms with van der Waals surface area (Å²) in [6.07, 6.45) is 5.91. The maximum atomic E-state index is 12.7. The average molecular weight is 316 g/mol. The smallest absolute Gasteiger partial charge is 0.225 e. The summed E-state index contributed by atoms with van der Waals surface area (Å²) in [7, 11) is 1.72. The van der Waals surface area contributed by atoms with Gasteiger partial charge < -0.3 is 14.5 Å². The molecule has 0 atom stereocenters. The lowest BCUT2D eigenvalue weighted by atomic mass is 9.88. The van der Waals surface area contributed by atoms with Crippen LogP contribution >= 0.6 is 0 Å². The quantitative estimate of drug-likeness (QED) is 0.858. The summed E-state index contributed by atoms with van der Waals surface area (Å²) >= 11 is 0. The Kier molecular flexibility index (Phi) is 5.09. The van der Waals surface area contributed by atoms with E-state index in [1.54, 1.807) is 7.11 Å². The monoisotopic (exact) mass is 316 g/mol. The molecule has 0 radical (unpaired) electrons. The van der Waals surface area contributed by atoms with Gasteiger partial charge in [0.2, 0.25) is 5.91 Å². The number of methoxy groups -OCH3 is 1. The molecule has 3 rings (SSSR count). The van der Waals surface area contributed by atoms with Crippen molar-refractivity contribution in [2.75, 3.05) is 38.2 Å². The molecule has 0 unspecified atom stereocenters. The van der Waals surface area contributed by atoms with Crippen LogP contribution in [0.5, 0.6) is 5.75 Å². The maximum Gasteiger partial charge on any atom is 0.225 e. The van der Waals surface area contributed by atoms with Crippen molar-refractivity contribution in [3.05, 3.63) is 23.8 Å². The molecule has 4 heteroatoms. The largest absolute Gasteiger partial charge is 0.495 e. The third kappa shape index (κ3) is 3.62. The molecule has 23 heavy (non-hydrogen) atoms. The number of hydrogen-bond donors (Lipinski definition) is 0. The van der Waals surface area contributed by atoms with Gasteiger partial charge in [0, 0.05) is 32.1 Å². The molecule has 1 aromatic carbocycles. The van der Waals surface area contributed by atoms with E-state index in [9.17, 15) is 4.79 Å². The molecule has 1 heterocycles. The predicted octanol–water partition coefficient (Wildman–Crippen LogP) is 3.23. The Morgan fingerprint density at radius 3 is 2.43 bits per heavy atom. The molecule has 1 aromatic rings. The van der Waals surface area contributed by atoms with Gasteiger partial charge in [-0.25, -0.2) is 0 Å². The first-order chi connectivity index (χ1) is 11.2. The first kappa shape index (κ1) is 16.2. The second-order valence-electron chi connectivity index (χ2n) is 6.82. The summed E-state index contributed by atoms with van der Waals surface area (Å²) < 4.78 is 5.50. The zero-order valence-corrected chi connectivity index (χ0v) is 14.4. The van der Waals surface area contributed by atoms with Crippen molar-refractivity contribution < 1.29 is 9.53 Å². The van der Waals surface area contributed by atoms with E-state index in [-0.39, 0.29) is 5.92 Å². The Morgan fingerprint density at radius 1 is 1.09 bits per heavy atom. The minimum absolute atomic E-state index is 0.281. The van der Waals surface area contributed by atoms with Crippen LogP contribution in [0.25, 0.3) is 0 Å². The van der Waals surface area contributed by atoms with Crippen LogP contribution in [0.15, 0.2) is 18.2 Å². The molecule has 1 aliphatic carbocycles. The number of amides is 1. The van der Waals surface area contributed by atoms with Crippen molar-refractivity contribution in [1.29, 1.82) is 0 Å². The van der Waals surface area contributed by atoms with Crippen molar-refractivity contribution in [3.8, 4) is 5.75 Å². The van der Waals surface area contributed by atoms with Crippen molar-refractivity contribution in [1.82, 2.24) is 4.90 Å². The molecular formula is C19H28N2O2. The molecule has 0 aromatic heterocycles. The van der Waals surface area contributed by atoms with Crippen LogP contribution in [0, 0.1) is 12.8 Å². The maximum absolute atomic E-state index is 12.7. The van der Waals surface area contributed by atoms with Gasteiger partial charge in [0.15, 0.2) is 0 Å². The number of hydrogen-bond acceptors (Lipinski definition) is 3. The minimum atomic E-state index is 0.281. The van der Waals surface area contributed by atoms with Gasteiger partial charge in [0.25, 0.3) is 0 Å². The van der Waals surface area contributed by atoms with Crippen LogP contribution in [-0.2, 0) is 4.79 Å². The summed E-state index contributed by atoms with van der Waals surface area (Å²) in [5, 5.41) is 0. The third-order valence-electron chi connectivity index (χ3n) is 5.22. The first-order valence-electron chi connectivity index (χ1n) is 8.87. The molecule has 1 saturated carbocycles. The summed E-state index contributed by atoms with van der Waals surface area (Å²) in [6, 6.07) is 6.28. The highest BCUT2D eigenvalue weighted by Crippen LogP contribution is 2.31. The van der Waals surface area contributed by atoms with Crippen molar-refractivity contribution in [2.24, 2.45) is 5.92 Å². The van der Waals surface area contributed by atoms with Gasteiger partial charge in [-0.1, -0.05) is 25.3 Å². The Labute approximate surface area is 139 Å². The number of carbonyl (C=O) groups excluding carboxylic acids is 1. The Hall–Kier alpha value is -1.71. The van der Waals surface area contributed by atoms with Crippen LogP contribution in [0.1, 0.15) is 37.7 Å². The van der Waals surface area contributed by atoms with Gasteiger partial charge in [0.05, 0.1) is 12.8 Å². The van der Waals surface area contributed by atoms with Crippen LogP contribution in [0.2, 0.25) is 0 Å². The second kappa shape index (κ2) is 7.24. The molecule has 0 spiro atoms. The fourth-order valence-corrected chi connectivity index (χ4v) is 3.82. The SMILES string of the molecule is COc1ccc(C)cc1N1CCN(C(=O)C2CCCCC2)CC1. The molecule has 2 fully saturated rings. The van der Waals surface area contributed by atoms with Gasteiger partial charge in [-0.2, -0.15) is 0 Å². The Balaban J connectivity index is 1.62. The summed E-state index contributed by atoms with van der Waals surface area (Å²) in [6.45, 7) is 5.53. The predicted molar refractivity (Wildman–Crippen MR) is 93.1 cm³/mol. The lowest BCUT2D eigenvalue weighted by molar-refractivity contribution is -0.136. The number of carbonyl (C=O) groups is 1. The van der Waals surface area contributed by atoms with Crippen molar-refractivity contribution in [3.63, 3.8) is 0 Å². The van der Waals surface area contributed by atoms with Crippen LogP contribution in [-0.4, -0.2) is 44.1 Å². The lowest BCUT2D eigenvalue weighted by Crippen LogP contribution is -2.50. The van der Waals surface area contributed by atoms with Crippen LogP contribution in [0.4, 0.5) is 5.69 Å². The number of nitrogens with zero attached hydrogens (tertiary/aromatic N) is 2. The highest BCUT2D eigenvalue weighted by molar-refractivity contribution is 5.79. The zero-order chi connectivity index (χ0) is 16.2. The standard InChI is InChI=1S/C19H28N2O2/c1-15-8-9-18(23-2)17(14-15)20-10-12-21(13-11-20)19(22)16-6-4-3-5-7-16/h8-9,14,16H,3-7,10-13H2,1-2H3. The van der Waals surface area contributed by atoms with E-state index < -0.39 is 0 Å².